The van der Waals surface area contributed by atoms with Crippen LogP contribution in [0.4, 0.5) is 18.9 Å². The van der Waals surface area contributed by atoms with E-state index in [1.165, 1.54) is 6.07 Å². The number of rotatable bonds is 2. The van der Waals surface area contributed by atoms with Gasteiger partial charge in [0.25, 0.3) is 0 Å². The Balaban J connectivity index is 2.78. The van der Waals surface area contributed by atoms with E-state index < -0.39 is 29.7 Å². The molecule has 0 aromatic heterocycles. The second-order valence-corrected chi connectivity index (χ2v) is 3.99. The summed E-state index contributed by atoms with van der Waals surface area (Å²) >= 11 is 0. The van der Waals surface area contributed by atoms with Gasteiger partial charge < -0.3 is 10.1 Å². The first kappa shape index (κ1) is 15.0. The van der Waals surface area contributed by atoms with E-state index in [0.717, 1.165) is 18.2 Å². The molecule has 0 aliphatic carbocycles. The van der Waals surface area contributed by atoms with Crippen LogP contribution < -0.4 is 5.32 Å². The van der Waals surface area contributed by atoms with Crippen molar-refractivity contribution < 1.29 is 27.5 Å². The van der Waals surface area contributed by atoms with Crippen molar-refractivity contribution in [3.63, 3.8) is 0 Å². The smallest absolute Gasteiger partial charge is 0.416 e. The first-order chi connectivity index (χ1) is 8.70. The van der Waals surface area contributed by atoms with E-state index in [1.807, 2.05) is 5.32 Å². The summed E-state index contributed by atoms with van der Waals surface area (Å²) < 4.78 is 41.9. The Morgan fingerprint density at radius 1 is 1.26 bits per heavy atom. The van der Waals surface area contributed by atoms with Gasteiger partial charge in [-0.05, 0) is 32.0 Å². The van der Waals surface area contributed by atoms with Gasteiger partial charge in [-0.2, -0.15) is 13.2 Å². The molecule has 1 aromatic carbocycles. The van der Waals surface area contributed by atoms with Crippen LogP contribution in [0.1, 0.15) is 19.4 Å². The highest BCUT2D eigenvalue weighted by atomic mass is 19.4. The van der Waals surface area contributed by atoms with E-state index in [9.17, 15) is 22.8 Å². The summed E-state index contributed by atoms with van der Waals surface area (Å²) in [6, 6.07) is 3.98. The molecule has 7 heteroatoms. The molecule has 0 aliphatic heterocycles. The van der Waals surface area contributed by atoms with Crippen molar-refractivity contribution in [2.75, 3.05) is 5.32 Å². The molecule has 1 aromatic rings. The minimum atomic E-state index is -4.51. The maximum atomic E-state index is 12.4. The highest BCUT2D eigenvalue weighted by Gasteiger charge is 2.30. The van der Waals surface area contributed by atoms with Crippen molar-refractivity contribution in [2.24, 2.45) is 0 Å². The predicted octanol–water partition coefficient (Wildman–Crippen LogP) is 2.60. The van der Waals surface area contributed by atoms with Crippen LogP contribution in [-0.2, 0) is 20.5 Å². The SMILES string of the molecule is CC(C)OC(=O)C(=O)Nc1cccc(C(F)(F)F)c1. The fourth-order valence-corrected chi connectivity index (χ4v) is 1.22. The fraction of sp³-hybridized carbons (Fsp3) is 0.333. The van der Waals surface area contributed by atoms with Crippen LogP contribution in [0.15, 0.2) is 24.3 Å². The summed E-state index contributed by atoms with van der Waals surface area (Å²) in [6.45, 7) is 3.10. The van der Waals surface area contributed by atoms with E-state index in [0.29, 0.717) is 0 Å². The van der Waals surface area contributed by atoms with Crippen molar-refractivity contribution in [3.8, 4) is 0 Å². The van der Waals surface area contributed by atoms with Crippen molar-refractivity contribution in [1.29, 1.82) is 0 Å². The van der Waals surface area contributed by atoms with Crippen LogP contribution in [0.2, 0.25) is 0 Å². The summed E-state index contributed by atoms with van der Waals surface area (Å²) in [7, 11) is 0. The molecule has 0 fully saturated rings. The number of anilines is 1. The van der Waals surface area contributed by atoms with Crippen LogP contribution in [-0.4, -0.2) is 18.0 Å². The number of hydrogen-bond acceptors (Lipinski definition) is 3. The number of amides is 1. The molecule has 0 saturated heterocycles. The molecule has 0 atom stereocenters. The number of benzene rings is 1. The molecule has 0 unspecified atom stereocenters. The summed E-state index contributed by atoms with van der Waals surface area (Å²) in [5, 5.41) is 2.05. The van der Waals surface area contributed by atoms with Gasteiger partial charge in [0.2, 0.25) is 0 Å². The Hall–Kier alpha value is -2.05. The van der Waals surface area contributed by atoms with Gasteiger partial charge in [0, 0.05) is 5.69 Å². The maximum absolute atomic E-state index is 12.4. The molecule has 0 spiro atoms. The first-order valence-electron chi connectivity index (χ1n) is 5.39. The first-order valence-corrected chi connectivity index (χ1v) is 5.39. The third-order valence-corrected chi connectivity index (χ3v) is 1.98. The molecule has 0 bridgehead atoms. The van der Waals surface area contributed by atoms with Gasteiger partial charge in [0.15, 0.2) is 0 Å². The normalized spacial score (nSPS) is 11.3. The fourth-order valence-electron chi connectivity index (χ4n) is 1.22. The van der Waals surface area contributed by atoms with Gasteiger partial charge in [0.05, 0.1) is 11.7 Å². The third kappa shape index (κ3) is 4.61. The van der Waals surface area contributed by atoms with Crippen LogP contribution in [0.3, 0.4) is 0 Å². The summed E-state index contributed by atoms with van der Waals surface area (Å²) in [4.78, 5) is 22.5. The Bertz CT molecular complexity index is 483. The quantitative estimate of drug-likeness (QED) is 0.666. The lowest BCUT2D eigenvalue weighted by molar-refractivity contribution is -0.155. The highest BCUT2D eigenvalue weighted by Crippen LogP contribution is 2.30. The van der Waals surface area contributed by atoms with Crippen molar-refractivity contribution in [2.45, 2.75) is 26.1 Å². The number of esters is 1. The Labute approximate surface area is 107 Å². The second-order valence-electron chi connectivity index (χ2n) is 3.99. The van der Waals surface area contributed by atoms with E-state index in [2.05, 4.69) is 4.74 Å². The van der Waals surface area contributed by atoms with Gasteiger partial charge in [0.1, 0.15) is 0 Å². The van der Waals surface area contributed by atoms with Crippen LogP contribution in [0.5, 0.6) is 0 Å². The van der Waals surface area contributed by atoms with Crippen LogP contribution >= 0.6 is 0 Å². The lowest BCUT2D eigenvalue weighted by atomic mass is 10.2. The summed E-state index contributed by atoms with van der Waals surface area (Å²) in [5.74, 6) is -2.26. The average molecular weight is 275 g/mol. The molecular weight excluding hydrogens is 263 g/mol. The van der Waals surface area contributed by atoms with Gasteiger partial charge in [-0.1, -0.05) is 6.07 Å². The van der Waals surface area contributed by atoms with Gasteiger partial charge >= 0.3 is 18.1 Å². The molecule has 19 heavy (non-hydrogen) atoms. The second kappa shape index (κ2) is 5.73. The minimum absolute atomic E-state index is 0.125. The Morgan fingerprint density at radius 3 is 2.42 bits per heavy atom. The molecule has 4 nitrogen and oxygen atoms in total. The number of carbonyl (C=O) groups is 2. The molecular formula is C12H12F3NO3. The maximum Gasteiger partial charge on any atom is 0.416 e. The number of nitrogens with one attached hydrogen (secondary N) is 1. The zero-order valence-electron chi connectivity index (χ0n) is 10.2. The van der Waals surface area contributed by atoms with Crippen molar-refractivity contribution in [3.05, 3.63) is 29.8 Å². The van der Waals surface area contributed by atoms with Crippen molar-refractivity contribution in [1.82, 2.24) is 0 Å². The molecule has 0 radical (unpaired) electrons. The standard InChI is InChI=1S/C12H12F3NO3/c1-7(2)19-11(18)10(17)16-9-5-3-4-8(6-9)12(13,14)15/h3-7H,1-2H3,(H,16,17). The van der Waals surface area contributed by atoms with E-state index in [-0.39, 0.29) is 5.69 Å². The van der Waals surface area contributed by atoms with Gasteiger partial charge in [-0.25, -0.2) is 4.79 Å². The number of ether oxygens (including phenoxy) is 1. The lowest BCUT2D eigenvalue weighted by Crippen LogP contribution is -2.27. The van der Waals surface area contributed by atoms with E-state index in [4.69, 9.17) is 0 Å². The number of hydrogen-bond donors (Lipinski definition) is 1. The Morgan fingerprint density at radius 2 is 1.89 bits per heavy atom. The average Bonchev–Trinajstić information content (AvgIpc) is 2.27. The van der Waals surface area contributed by atoms with E-state index in [1.54, 1.807) is 13.8 Å². The van der Waals surface area contributed by atoms with Crippen LogP contribution in [0.25, 0.3) is 0 Å². The topological polar surface area (TPSA) is 55.4 Å². The number of halogens is 3. The zero-order chi connectivity index (χ0) is 14.6. The monoisotopic (exact) mass is 275 g/mol. The molecule has 104 valence electrons. The zero-order valence-corrected chi connectivity index (χ0v) is 10.2. The predicted molar refractivity (Wildman–Crippen MR) is 61.3 cm³/mol. The molecule has 1 amide bonds. The summed E-state index contributed by atoms with van der Waals surface area (Å²) in [6.07, 6.45) is -5.00. The van der Waals surface area contributed by atoms with Gasteiger partial charge in [-0.3, -0.25) is 4.79 Å². The largest absolute Gasteiger partial charge is 0.456 e. The molecule has 1 N–H and O–H groups in total. The number of alkyl halides is 3. The number of carbonyl (C=O) groups excluding carboxylic acids is 2. The van der Waals surface area contributed by atoms with Crippen molar-refractivity contribution >= 4 is 17.6 Å². The van der Waals surface area contributed by atoms with Crippen LogP contribution in [0, 0.1) is 0 Å². The Kier molecular flexibility index (Phi) is 4.52. The third-order valence-electron chi connectivity index (χ3n) is 1.98. The minimum Gasteiger partial charge on any atom is -0.456 e. The molecule has 1 rings (SSSR count). The van der Waals surface area contributed by atoms with E-state index >= 15 is 0 Å². The van der Waals surface area contributed by atoms with Gasteiger partial charge in [-0.15, -0.1) is 0 Å². The summed E-state index contributed by atoms with van der Waals surface area (Å²) in [5.41, 5.74) is -1.04. The molecule has 0 saturated carbocycles. The molecule has 0 heterocycles. The lowest BCUT2D eigenvalue weighted by Gasteiger charge is -2.10. The highest BCUT2D eigenvalue weighted by molar-refractivity contribution is 6.37. The molecule has 0 aliphatic rings.